The largest absolute Gasteiger partial charge is 0.480 e. The number of carboxylic acids is 1. The Balaban J connectivity index is 2.07. The van der Waals surface area contributed by atoms with E-state index in [1.807, 2.05) is 62.4 Å². The van der Waals surface area contributed by atoms with Gasteiger partial charge >= 0.3 is 5.97 Å². The summed E-state index contributed by atoms with van der Waals surface area (Å²) in [6, 6.07) is 15.7. The summed E-state index contributed by atoms with van der Waals surface area (Å²) in [5, 5.41) is 17.8. The van der Waals surface area contributed by atoms with Crippen molar-refractivity contribution in [2.45, 2.75) is 20.4 Å². The smallest absolute Gasteiger partial charge is 0.323 e. The Morgan fingerprint density at radius 1 is 1.17 bits per heavy atom. The van der Waals surface area contributed by atoms with Gasteiger partial charge in [-0.3, -0.25) is 4.79 Å². The van der Waals surface area contributed by atoms with E-state index in [9.17, 15) is 4.79 Å². The van der Waals surface area contributed by atoms with Crippen LogP contribution in [0.3, 0.4) is 0 Å². The lowest BCUT2D eigenvalue weighted by Crippen LogP contribution is -2.19. The van der Waals surface area contributed by atoms with Crippen LogP contribution in [-0.2, 0) is 11.3 Å². The van der Waals surface area contributed by atoms with Gasteiger partial charge in [0, 0.05) is 0 Å². The Hall–Kier alpha value is -2.73. The van der Waals surface area contributed by atoms with E-state index in [4.69, 9.17) is 5.11 Å². The van der Waals surface area contributed by atoms with Gasteiger partial charge in [0.05, 0.1) is 15.9 Å². The standard InChI is InChI=1S/C18H17N3O2S/c1-12-7-9-14(10-8-12)13(2)19-20-18-21(11-17(22)23)15-5-3-4-6-16(15)24-18/h3-10H,11H2,1-2H3,(H,22,23). The van der Waals surface area contributed by atoms with Crippen LogP contribution in [0.15, 0.2) is 58.7 Å². The lowest BCUT2D eigenvalue weighted by Gasteiger charge is -2.01. The Labute approximate surface area is 143 Å². The number of para-hydroxylation sites is 1. The molecule has 24 heavy (non-hydrogen) atoms. The molecule has 0 spiro atoms. The molecular weight excluding hydrogens is 322 g/mol. The number of rotatable bonds is 4. The van der Waals surface area contributed by atoms with E-state index in [1.54, 1.807) is 4.57 Å². The first-order valence-corrected chi connectivity index (χ1v) is 8.32. The Morgan fingerprint density at radius 2 is 1.88 bits per heavy atom. The van der Waals surface area contributed by atoms with E-state index in [2.05, 4.69) is 10.2 Å². The first-order valence-electron chi connectivity index (χ1n) is 7.50. The van der Waals surface area contributed by atoms with Crippen LogP contribution < -0.4 is 4.80 Å². The first kappa shape index (κ1) is 16.1. The third-order valence-corrected chi connectivity index (χ3v) is 4.69. The third-order valence-electron chi connectivity index (χ3n) is 3.64. The zero-order chi connectivity index (χ0) is 17.1. The fourth-order valence-electron chi connectivity index (χ4n) is 2.36. The molecule has 6 heteroatoms. The number of aromatic nitrogens is 1. The molecule has 3 rings (SSSR count). The molecule has 122 valence electrons. The highest BCUT2D eigenvalue weighted by molar-refractivity contribution is 7.16. The van der Waals surface area contributed by atoms with Crippen molar-refractivity contribution in [2.75, 3.05) is 0 Å². The molecule has 0 atom stereocenters. The fourth-order valence-corrected chi connectivity index (χ4v) is 3.34. The number of carbonyl (C=O) groups is 1. The van der Waals surface area contributed by atoms with Gasteiger partial charge in [-0.25, -0.2) is 0 Å². The minimum Gasteiger partial charge on any atom is -0.480 e. The average molecular weight is 339 g/mol. The number of carboxylic acid groups (broad SMARTS) is 1. The number of nitrogens with zero attached hydrogens (tertiary/aromatic N) is 3. The van der Waals surface area contributed by atoms with Gasteiger partial charge in [0.25, 0.3) is 0 Å². The summed E-state index contributed by atoms with van der Waals surface area (Å²) >= 11 is 1.43. The summed E-state index contributed by atoms with van der Waals surface area (Å²) in [6.07, 6.45) is 0. The molecule has 0 fully saturated rings. The molecule has 3 aromatic rings. The summed E-state index contributed by atoms with van der Waals surface area (Å²) < 4.78 is 2.66. The van der Waals surface area contributed by atoms with Crippen molar-refractivity contribution in [3.63, 3.8) is 0 Å². The van der Waals surface area contributed by atoms with Gasteiger partial charge in [-0.05, 0) is 31.5 Å². The van der Waals surface area contributed by atoms with E-state index < -0.39 is 5.97 Å². The predicted molar refractivity (Wildman–Crippen MR) is 96.4 cm³/mol. The number of benzene rings is 2. The van der Waals surface area contributed by atoms with Crippen LogP contribution in [-0.4, -0.2) is 21.4 Å². The molecule has 1 aromatic heterocycles. The summed E-state index contributed by atoms with van der Waals surface area (Å²) in [7, 11) is 0. The zero-order valence-corrected chi connectivity index (χ0v) is 14.2. The molecule has 0 unspecified atom stereocenters. The van der Waals surface area contributed by atoms with Crippen LogP contribution >= 0.6 is 11.3 Å². The molecule has 5 nitrogen and oxygen atoms in total. The van der Waals surface area contributed by atoms with Gasteiger partial charge in [-0.2, -0.15) is 5.10 Å². The highest BCUT2D eigenvalue weighted by Crippen LogP contribution is 2.16. The number of aryl methyl sites for hydroxylation is 1. The number of fused-ring (bicyclic) bond motifs is 1. The molecule has 0 aliphatic heterocycles. The van der Waals surface area contributed by atoms with Crippen molar-refractivity contribution in [1.82, 2.24) is 4.57 Å². The van der Waals surface area contributed by atoms with Crippen molar-refractivity contribution in [2.24, 2.45) is 10.2 Å². The molecule has 0 saturated carbocycles. The lowest BCUT2D eigenvalue weighted by atomic mass is 10.1. The molecule has 1 N–H and O–H groups in total. The topological polar surface area (TPSA) is 67.0 Å². The maximum Gasteiger partial charge on any atom is 0.323 e. The SMILES string of the molecule is CC(=NN=c1sc2ccccc2n1CC(=O)O)c1ccc(C)cc1. The van der Waals surface area contributed by atoms with E-state index in [1.165, 1.54) is 16.9 Å². The van der Waals surface area contributed by atoms with Crippen molar-refractivity contribution >= 4 is 33.2 Å². The van der Waals surface area contributed by atoms with E-state index >= 15 is 0 Å². The van der Waals surface area contributed by atoms with Gasteiger partial charge in [0.15, 0.2) is 0 Å². The van der Waals surface area contributed by atoms with Crippen molar-refractivity contribution in [3.8, 4) is 0 Å². The second-order valence-electron chi connectivity index (χ2n) is 5.48. The van der Waals surface area contributed by atoms with Crippen LogP contribution in [0, 0.1) is 6.92 Å². The highest BCUT2D eigenvalue weighted by atomic mass is 32.1. The number of thiazole rings is 1. The lowest BCUT2D eigenvalue weighted by molar-refractivity contribution is -0.137. The van der Waals surface area contributed by atoms with Gasteiger partial charge in [-0.15, -0.1) is 5.10 Å². The zero-order valence-electron chi connectivity index (χ0n) is 13.4. The Bertz CT molecular complexity index is 981. The summed E-state index contributed by atoms with van der Waals surface area (Å²) in [6.45, 7) is 3.79. The van der Waals surface area contributed by atoms with Crippen molar-refractivity contribution in [1.29, 1.82) is 0 Å². The normalized spacial score (nSPS) is 12.8. The molecule has 1 heterocycles. The number of hydrogen-bond acceptors (Lipinski definition) is 4. The second kappa shape index (κ2) is 6.80. The van der Waals surface area contributed by atoms with Gasteiger partial charge < -0.3 is 9.67 Å². The molecule has 0 amide bonds. The molecule has 0 bridgehead atoms. The van der Waals surface area contributed by atoms with E-state index in [-0.39, 0.29) is 6.54 Å². The average Bonchev–Trinajstić information content (AvgIpc) is 2.90. The number of aliphatic carboxylic acids is 1. The van der Waals surface area contributed by atoms with Crippen molar-refractivity contribution in [3.05, 3.63) is 64.5 Å². The van der Waals surface area contributed by atoms with Crippen LogP contribution in [0.25, 0.3) is 10.2 Å². The maximum atomic E-state index is 11.2. The molecule has 0 aliphatic rings. The minimum absolute atomic E-state index is 0.137. The minimum atomic E-state index is -0.903. The van der Waals surface area contributed by atoms with Crippen LogP contribution in [0.5, 0.6) is 0 Å². The van der Waals surface area contributed by atoms with E-state index in [0.29, 0.717) is 4.80 Å². The van der Waals surface area contributed by atoms with Crippen LogP contribution in [0.4, 0.5) is 0 Å². The Morgan fingerprint density at radius 3 is 2.58 bits per heavy atom. The van der Waals surface area contributed by atoms with Crippen LogP contribution in [0.1, 0.15) is 18.1 Å². The Kier molecular flexibility index (Phi) is 4.57. The molecule has 0 aliphatic carbocycles. The fraction of sp³-hybridized carbons (Fsp3) is 0.167. The molecule has 2 aromatic carbocycles. The first-order chi connectivity index (χ1) is 11.5. The van der Waals surface area contributed by atoms with Gasteiger partial charge in [-0.1, -0.05) is 53.3 Å². The van der Waals surface area contributed by atoms with Gasteiger partial charge in [0.2, 0.25) is 4.80 Å². The summed E-state index contributed by atoms with van der Waals surface area (Å²) in [5.74, 6) is -0.903. The van der Waals surface area contributed by atoms with E-state index in [0.717, 1.165) is 21.5 Å². The monoisotopic (exact) mass is 339 g/mol. The highest BCUT2D eigenvalue weighted by Gasteiger charge is 2.08. The van der Waals surface area contributed by atoms with Crippen LogP contribution in [0.2, 0.25) is 0 Å². The maximum absolute atomic E-state index is 11.2. The second-order valence-corrected chi connectivity index (χ2v) is 6.49. The van der Waals surface area contributed by atoms with Crippen molar-refractivity contribution < 1.29 is 9.90 Å². The quantitative estimate of drug-likeness (QED) is 0.584. The molecule has 0 radical (unpaired) electrons. The van der Waals surface area contributed by atoms with Gasteiger partial charge in [0.1, 0.15) is 6.54 Å². The number of hydrogen-bond donors (Lipinski definition) is 1. The summed E-state index contributed by atoms with van der Waals surface area (Å²) in [4.78, 5) is 11.7. The molecule has 0 saturated heterocycles. The predicted octanol–water partition coefficient (Wildman–Crippen LogP) is 3.42. The molecular formula is C18H17N3O2S. The third kappa shape index (κ3) is 3.44. The summed E-state index contributed by atoms with van der Waals surface area (Å²) in [5.41, 5.74) is 3.82.